The Morgan fingerprint density at radius 2 is 1.83 bits per heavy atom. The van der Waals surface area contributed by atoms with Crippen molar-refractivity contribution in [3.8, 4) is 5.75 Å². The lowest BCUT2D eigenvalue weighted by atomic mass is 9.80. The maximum atomic E-state index is 14.4. The van der Waals surface area contributed by atoms with Crippen LogP contribution in [0.15, 0.2) is 66.9 Å². The summed E-state index contributed by atoms with van der Waals surface area (Å²) in [6.07, 6.45) is -3.17. The molecule has 1 atom stereocenters. The molecule has 154 valence electrons. The maximum Gasteiger partial charge on any atom is 0.419 e. The number of rotatable bonds is 3. The zero-order chi connectivity index (χ0) is 21.4. The van der Waals surface area contributed by atoms with Crippen LogP contribution in [0.4, 0.5) is 17.6 Å². The van der Waals surface area contributed by atoms with Crippen LogP contribution in [-0.2, 0) is 11.7 Å². The molecule has 4 nitrogen and oxygen atoms in total. The number of nitrogens with zero attached hydrogens (tertiary/aromatic N) is 1. The SMILES string of the molecule is O=C(N[C@]1(c2ccc(C(F)(F)F)c(F)c2)CCOc2cccnc21)c1ccccc1. The van der Waals surface area contributed by atoms with Gasteiger partial charge in [0.05, 0.1) is 12.2 Å². The molecular formula is C22H16F4N2O2. The minimum absolute atomic E-state index is 0.153. The van der Waals surface area contributed by atoms with Crippen molar-refractivity contribution in [2.24, 2.45) is 0 Å². The van der Waals surface area contributed by atoms with E-state index in [1.807, 2.05) is 0 Å². The van der Waals surface area contributed by atoms with Gasteiger partial charge in [0.25, 0.3) is 5.91 Å². The van der Waals surface area contributed by atoms with Gasteiger partial charge in [-0.05, 0) is 42.0 Å². The number of pyridine rings is 1. The van der Waals surface area contributed by atoms with Gasteiger partial charge in [-0.2, -0.15) is 13.2 Å². The highest BCUT2D eigenvalue weighted by Crippen LogP contribution is 2.42. The third-order valence-electron chi connectivity index (χ3n) is 5.04. The van der Waals surface area contributed by atoms with Gasteiger partial charge in [-0.25, -0.2) is 4.39 Å². The molecule has 1 aromatic heterocycles. The average Bonchev–Trinajstić information content (AvgIpc) is 2.73. The molecule has 8 heteroatoms. The van der Waals surface area contributed by atoms with E-state index in [0.29, 0.717) is 23.1 Å². The number of halogens is 4. The van der Waals surface area contributed by atoms with Crippen LogP contribution in [0.25, 0.3) is 0 Å². The van der Waals surface area contributed by atoms with Gasteiger partial charge in [-0.3, -0.25) is 9.78 Å². The summed E-state index contributed by atoms with van der Waals surface area (Å²) in [6, 6.07) is 14.3. The van der Waals surface area contributed by atoms with Gasteiger partial charge in [0, 0.05) is 18.2 Å². The molecule has 0 fully saturated rings. The molecule has 2 heterocycles. The number of hydrogen-bond acceptors (Lipinski definition) is 3. The van der Waals surface area contributed by atoms with Gasteiger partial charge in [-0.15, -0.1) is 0 Å². The molecular weight excluding hydrogens is 400 g/mol. The first-order valence-electron chi connectivity index (χ1n) is 9.14. The van der Waals surface area contributed by atoms with E-state index in [9.17, 15) is 22.4 Å². The quantitative estimate of drug-likeness (QED) is 0.630. The summed E-state index contributed by atoms with van der Waals surface area (Å²) in [5.41, 5.74) is -1.91. The largest absolute Gasteiger partial charge is 0.491 e. The van der Waals surface area contributed by atoms with Crippen molar-refractivity contribution in [1.82, 2.24) is 10.3 Å². The van der Waals surface area contributed by atoms with Crippen LogP contribution in [0.3, 0.4) is 0 Å². The second kappa shape index (κ2) is 7.44. The zero-order valence-electron chi connectivity index (χ0n) is 15.5. The van der Waals surface area contributed by atoms with Gasteiger partial charge >= 0.3 is 6.18 Å². The van der Waals surface area contributed by atoms with E-state index >= 15 is 0 Å². The molecule has 1 N–H and O–H groups in total. The number of nitrogens with one attached hydrogen (secondary N) is 1. The summed E-state index contributed by atoms with van der Waals surface area (Å²) in [5.74, 6) is -1.51. The number of carbonyl (C=O) groups excluding carboxylic acids is 1. The van der Waals surface area contributed by atoms with E-state index in [1.165, 1.54) is 12.3 Å². The lowest BCUT2D eigenvalue weighted by molar-refractivity contribution is -0.140. The first-order valence-corrected chi connectivity index (χ1v) is 9.14. The lowest BCUT2D eigenvalue weighted by Gasteiger charge is -2.39. The molecule has 0 unspecified atom stereocenters. The van der Waals surface area contributed by atoms with Crippen LogP contribution in [0, 0.1) is 5.82 Å². The minimum atomic E-state index is -4.82. The number of benzene rings is 2. The molecule has 0 bridgehead atoms. The fourth-order valence-corrected chi connectivity index (χ4v) is 3.60. The summed E-state index contributed by atoms with van der Waals surface area (Å²) in [7, 11) is 0. The molecule has 0 spiro atoms. The molecule has 3 aromatic rings. The summed E-state index contributed by atoms with van der Waals surface area (Å²) in [5, 5.41) is 2.88. The summed E-state index contributed by atoms with van der Waals surface area (Å²) >= 11 is 0. The number of fused-ring (bicyclic) bond motifs is 1. The third-order valence-corrected chi connectivity index (χ3v) is 5.04. The average molecular weight is 416 g/mol. The molecule has 0 saturated heterocycles. The first-order chi connectivity index (χ1) is 14.3. The van der Waals surface area contributed by atoms with Gasteiger partial charge in [-0.1, -0.05) is 24.3 Å². The Balaban J connectivity index is 1.86. The number of alkyl halides is 3. The lowest BCUT2D eigenvalue weighted by Crippen LogP contribution is -2.50. The van der Waals surface area contributed by atoms with E-state index in [1.54, 1.807) is 42.5 Å². The zero-order valence-corrected chi connectivity index (χ0v) is 15.5. The molecule has 4 rings (SSSR count). The van der Waals surface area contributed by atoms with Crippen molar-refractivity contribution in [3.05, 3.63) is 95.1 Å². The van der Waals surface area contributed by atoms with Gasteiger partial charge in [0.2, 0.25) is 0 Å². The van der Waals surface area contributed by atoms with Crippen molar-refractivity contribution in [2.75, 3.05) is 6.61 Å². The van der Waals surface area contributed by atoms with Gasteiger partial charge in [0.15, 0.2) is 0 Å². The molecule has 30 heavy (non-hydrogen) atoms. The van der Waals surface area contributed by atoms with E-state index in [4.69, 9.17) is 4.74 Å². The predicted octanol–water partition coefficient (Wildman–Crippen LogP) is 4.70. The summed E-state index contributed by atoms with van der Waals surface area (Å²) in [4.78, 5) is 17.3. The summed E-state index contributed by atoms with van der Waals surface area (Å²) < 4.78 is 59.2. The van der Waals surface area contributed by atoms with Crippen molar-refractivity contribution in [3.63, 3.8) is 0 Å². The van der Waals surface area contributed by atoms with Crippen molar-refractivity contribution in [1.29, 1.82) is 0 Å². The fraction of sp³-hybridized carbons (Fsp3) is 0.182. The van der Waals surface area contributed by atoms with E-state index < -0.39 is 29.0 Å². The van der Waals surface area contributed by atoms with Crippen LogP contribution in [0.1, 0.15) is 33.6 Å². The molecule has 1 amide bonds. The maximum absolute atomic E-state index is 14.4. The van der Waals surface area contributed by atoms with Crippen LogP contribution in [0.5, 0.6) is 5.75 Å². The number of ether oxygens (including phenoxy) is 1. The molecule has 1 aliphatic rings. The Morgan fingerprint density at radius 1 is 1.07 bits per heavy atom. The molecule has 0 aliphatic carbocycles. The number of hydrogen-bond donors (Lipinski definition) is 1. The van der Waals surface area contributed by atoms with E-state index in [0.717, 1.165) is 6.07 Å². The highest BCUT2D eigenvalue weighted by molar-refractivity contribution is 5.95. The van der Waals surface area contributed by atoms with E-state index in [2.05, 4.69) is 10.3 Å². The fourth-order valence-electron chi connectivity index (χ4n) is 3.60. The Bertz CT molecular complexity index is 1090. The molecule has 2 aromatic carbocycles. The van der Waals surface area contributed by atoms with Crippen LogP contribution in [-0.4, -0.2) is 17.5 Å². The van der Waals surface area contributed by atoms with Crippen molar-refractivity contribution >= 4 is 5.91 Å². The highest BCUT2D eigenvalue weighted by Gasteiger charge is 2.44. The molecule has 0 radical (unpaired) electrons. The smallest absolute Gasteiger partial charge is 0.419 e. The predicted molar refractivity (Wildman–Crippen MR) is 100 cm³/mol. The van der Waals surface area contributed by atoms with E-state index in [-0.39, 0.29) is 18.6 Å². The Labute approximate surface area is 169 Å². The van der Waals surface area contributed by atoms with Crippen LogP contribution >= 0.6 is 0 Å². The topological polar surface area (TPSA) is 51.2 Å². The Kier molecular flexibility index (Phi) is 4.93. The second-order valence-electron chi connectivity index (χ2n) is 6.87. The Hall–Kier alpha value is -3.42. The molecule has 1 aliphatic heterocycles. The monoisotopic (exact) mass is 416 g/mol. The second-order valence-corrected chi connectivity index (χ2v) is 6.87. The molecule has 0 saturated carbocycles. The first kappa shape index (κ1) is 19.9. The minimum Gasteiger partial charge on any atom is -0.491 e. The standard InChI is InChI=1S/C22H16F4N2O2/c23-17-13-15(8-9-16(17)22(24,25)26)21(28-20(29)14-5-2-1-3-6-14)10-12-30-18-7-4-11-27-19(18)21/h1-9,11,13H,10,12H2,(H,28,29)/t21-/m0/s1. The third kappa shape index (κ3) is 3.49. The van der Waals surface area contributed by atoms with Gasteiger partial charge < -0.3 is 10.1 Å². The van der Waals surface area contributed by atoms with Gasteiger partial charge in [0.1, 0.15) is 22.8 Å². The van der Waals surface area contributed by atoms with Crippen molar-refractivity contribution in [2.45, 2.75) is 18.1 Å². The van der Waals surface area contributed by atoms with Crippen LogP contribution in [0.2, 0.25) is 0 Å². The van der Waals surface area contributed by atoms with Crippen LogP contribution < -0.4 is 10.1 Å². The highest BCUT2D eigenvalue weighted by atomic mass is 19.4. The summed E-state index contributed by atoms with van der Waals surface area (Å²) in [6.45, 7) is 0.163. The number of aromatic nitrogens is 1. The number of carbonyl (C=O) groups is 1. The normalized spacial score (nSPS) is 18.3. The van der Waals surface area contributed by atoms with Crippen molar-refractivity contribution < 1.29 is 27.1 Å². The Morgan fingerprint density at radius 3 is 2.53 bits per heavy atom. The number of amides is 1.